The summed E-state index contributed by atoms with van der Waals surface area (Å²) in [5, 5.41) is 3.84. The third kappa shape index (κ3) is 2.49. The summed E-state index contributed by atoms with van der Waals surface area (Å²) in [5.41, 5.74) is 1.34. The van der Waals surface area contributed by atoms with Crippen LogP contribution < -0.4 is 4.90 Å². The molecule has 1 aliphatic heterocycles. The molecule has 2 rings (SSSR count). The minimum absolute atomic E-state index is 0.0657. The summed E-state index contributed by atoms with van der Waals surface area (Å²) < 4.78 is 5.06. The van der Waals surface area contributed by atoms with E-state index in [-0.39, 0.29) is 5.91 Å². The van der Waals surface area contributed by atoms with E-state index in [1.54, 1.807) is 6.92 Å². The predicted molar refractivity (Wildman–Crippen MR) is 63.1 cm³/mol. The molecule has 1 aromatic heterocycles. The predicted octanol–water partition coefficient (Wildman–Crippen LogP) is -0.348. The van der Waals surface area contributed by atoms with Gasteiger partial charge in [-0.25, -0.2) is 0 Å². The van der Waals surface area contributed by atoms with Crippen LogP contribution in [0.2, 0.25) is 0 Å². The van der Waals surface area contributed by atoms with Crippen LogP contribution in [0, 0.1) is 13.8 Å². The van der Waals surface area contributed by atoms with Gasteiger partial charge in [-0.1, -0.05) is 5.16 Å². The number of aromatic nitrogens is 1. The lowest BCUT2D eigenvalue weighted by Gasteiger charge is -2.19. The molecule has 17 heavy (non-hydrogen) atoms. The monoisotopic (exact) mass is 238 g/mol. The molecule has 1 fully saturated rings. The van der Waals surface area contributed by atoms with Crippen molar-refractivity contribution < 1.29 is 14.2 Å². The fourth-order valence-electron chi connectivity index (χ4n) is 2.28. The molecule has 5 heteroatoms. The maximum atomic E-state index is 12.4. The van der Waals surface area contributed by atoms with E-state index < -0.39 is 0 Å². The Morgan fingerprint density at radius 3 is 2.76 bits per heavy atom. The van der Waals surface area contributed by atoms with Crippen LogP contribution in [0.3, 0.4) is 0 Å². The minimum atomic E-state index is 0.0657. The molecule has 1 saturated heterocycles. The Balaban J connectivity index is 2.14. The van der Waals surface area contributed by atoms with Gasteiger partial charge in [-0.2, -0.15) is 0 Å². The summed E-state index contributed by atoms with van der Waals surface area (Å²) in [6, 6.07) is 0. The number of amides is 1. The maximum Gasteiger partial charge on any atom is 0.259 e. The quantitative estimate of drug-likeness (QED) is 0.728. The zero-order chi connectivity index (χ0) is 12.4. The first-order valence-electron chi connectivity index (χ1n) is 6.13. The lowest BCUT2D eigenvalue weighted by molar-refractivity contribution is -0.877. The number of hydrogen-bond donors (Lipinski definition) is 1. The van der Waals surface area contributed by atoms with Crippen molar-refractivity contribution in [3.8, 4) is 0 Å². The Morgan fingerprint density at radius 1 is 1.35 bits per heavy atom. The number of aryl methyl sites for hydroxylation is 2. The highest BCUT2D eigenvalue weighted by Crippen LogP contribution is 2.15. The molecule has 1 N–H and O–H groups in total. The van der Waals surface area contributed by atoms with Crippen molar-refractivity contribution in [1.82, 2.24) is 10.1 Å². The first-order valence-corrected chi connectivity index (χ1v) is 6.13. The number of likely N-dealkylation sites (N-methyl/N-ethyl adjacent to an activating group) is 1. The summed E-state index contributed by atoms with van der Waals surface area (Å²) in [4.78, 5) is 15.8. The Hall–Kier alpha value is -1.36. The molecule has 0 bridgehead atoms. The Labute approximate surface area is 101 Å². The van der Waals surface area contributed by atoms with Crippen LogP contribution in [0.5, 0.6) is 0 Å². The molecule has 1 unspecified atom stereocenters. The van der Waals surface area contributed by atoms with Crippen LogP contribution in [-0.4, -0.2) is 49.2 Å². The topological polar surface area (TPSA) is 50.8 Å². The van der Waals surface area contributed by atoms with Crippen LogP contribution in [0.1, 0.15) is 28.2 Å². The SMILES string of the molecule is Cc1noc(C)c1C(=O)N1CCC[NH+](C)CC1. The van der Waals surface area contributed by atoms with E-state index in [0.29, 0.717) is 17.0 Å². The number of nitrogens with one attached hydrogen (secondary N) is 1. The number of hydrogen-bond acceptors (Lipinski definition) is 3. The van der Waals surface area contributed by atoms with Crippen molar-refractivity contribution in [3.05, 3.63) is 17.0 Å². The molecule has 0 aliphatic carbocycles. The van der Waals surface area contributed by atoms with Crippen LogP contribution in [0.15, 0.2) is 4.52 Å². The van der Waals surface area contributed by atoms with E-state index in [1.807, 2.05) is 11.8 Å². The molecule has 0 aromatic carbocycles. The average Bonchev–Trinajstić information content (AvgIpc) is 2.51. The average molecular weight is 238 g/mol. The van der Waals surface area contributed by atoms with Gasteiger partial charge in [0.05, 0.1) is 32.4 Å². The van der Waals surface area contributed by atoms with Crippen LogP contribution in [0.25, 0.3) is 0 Å². The third-order valence-electron chi connectivity index (χ3n) is 3.37. The molecule has 0 spiro atoms. The lowest BCUT2D eigenvalue weighted by Crippen LogP contribution is -3.09. The van der Waals surface area contributed by atoms with Crippen molar-refractivity contribution in [2.45, 2.75) is 20.3 Å². The molecular formula is C12H20N3O2+. The van der Waals surface area contributed by atoms with E-state index in [1.165, 1.54) is 4.90 Å². The first kappa shape index (κ1) is 12.1. The number of carbonyl (C=O) groups excluding carboxylic acids is 1. The third-order valence-corrected chi connectivity index (χ3v) is 3.37. The standard InChI is InChI=1S/C12H19N3O2/c1-9-11(10(2)17-13-9)12(16)15-6-4-5-14(3)7-8-15/h4-8H2,1-3H3/p+1. The summed E-state index contributed by atoms with van der Waals surface area (Å²) in [6.45, 7) is 7.40. The number of rotatable bonds is 1. The molecule has 0 radical (unpaired) electrons. The fraction of sp³-hybridized carbons (Fsp3) is 0.667. The molecule has 2 heterocycles. The fourth-order valence-corrected chi connectivity index (χ4v) is 2.28. The second-order valence-corrected chi connectivity index (χ2v) is 4.80. The summed E-state index contributed by atoms with van der Waals surface area (Å²) in [6.07, 6.45) is 1.06. The summed E-state index contributed by atoms with van der Waals surface area (Å²) >= 11 is 0. The second kappa shape index (κ2) is 4.87. The zero-order valence-electron chi connectivity index (χ0n) is 10.7. The number of carbonyl (C=O) groups is 1. The molecule has 1 aromatic rings. The second-order valence-electron chi connectivity index (χ2n) is 4.80. The normalized spacial score (nSPS) is 21.4. The van der Waals surface area contributed by atoms with Gasteiger partial charge >= 0.3 is 0 Å². The zero-order valence-corrected chi connectivity index (χ0v) is 10.7. The Morgan fingerprint density at radius 2 is 2.12 bits per heavy atom. The van der Waals surface area contributed by atoms with E-state index in [0.717, 1.165) is 32.6 Å². The van der Waals surface area contributed by atoms with Crippen molar-refractivity contribution in [3.63, 3.8) is 0 Å². The van der Waals surface area contributed by atoms with Gasteiger partial charge in [0.25, 0.3) is 5.91 Å². The Kier molecular flexibility index (Phi) is 3.47. The lowest BCUT2D eigenvalue weighted by atomic mass is 10.1. The van der Waals surface area contributed by atoms with Gasteiger partial charge in [-0.05, 0) is 13.8 Å². The van der Waals surface area contributed by atoms with Crippen molar-refractivity contribution in [1.29, 1.82) is 0 Å². The molecule has 0 saturated carbocycles. The van der Waals surface area contributed by atoms with Crippen LogP contribution in [0.4, 0.5) is 0 Å². The minimum Gasteiger partial charge on any atom is -0.361 e. The van der Waals surface area contributed by atoms with E-state index >= 15 is 0 Å². The number of quaternary nitrogens is 1. The summed E-state index contributed by atoms with van der Waals surface area (Å²) in [5.74, 6) is 0.688. The van der Waals surface area contributed by atoms with Gasteiger partial charge in [0, 0.05) is 13.0 Å². The maximum absolute atomic E-state index is 12.4. The van der Waals surface area contributed by atoms with Crippen molar-refractivity contribution in [2.24, 2.45) is 0 Å². The van der Waals surface area contributed by atoms with Crippen molar-refractivity contribution >= 4 is 5.91 Å². The highest BCUT2D eigenvalue weighted by atomic mass is 16.5. The molecular weight excluding hydrogens is 218 g/mol. The van der Waals surface area contributed by atoms with E-state index in [4.69, 9.17) is 4.52 Å². The van der Waals surface area contributed by atoms with Crippen LogP contribution in [-0.2, 0) is 0 Å². The van der Waals surface area contributed by atoms with E-state index in [9.17, 15) is 4.79 Å². The van der Waals surface area contributed by atoms with Gasteiger partial charge in [-0.3, -0.25) is 4.79 Å². The van der Waals surface area contributed by atoms with Gasteiger partial charge in [0.1, 0.15) is 11.3 Å². The van der Waals surface area contributed by atoms with Gasteiger partial charge < -0.3 is 14.3 Å². The van der Waals surface area contributed by atoms with Crippen molar-refractivity contribution in [2.75, 3.05) is 33.2 Å². The van der Waals surface area contributed by atoms with Gasteiger partial charge in [0.2, 0.25) is 0 Å². The highest BCUT2D eigenvalue weighted by molar-refractivity contribution is 5.96. The molecule has 1 aliphatic rings. The first-order chi connectivity index (χ1) is 8.09. The molecule has 1 amide bonds. The molecule has 94 valence electrons. The van der Waals surface area contributed by atoms with E-state index in [2.05, 4.69) is 12.2 Å². The van der Waals surface area contributed by atoms with Crippen LogP contribution >= 0.6 is 0 Å². The van der Waals surface area contributed by atoms with Gasteiger partial charge in [0.15, 0.2) is 0 Å². The Bertz CT molecular complexity index is 394. The molecule has 5 nitrogen and oxygen atoms in total. The largest absolute Gasteiger partial charge is 0.361 e. The highest BCUT2D eigenvalue weighted by Gasteiger charge is 2.25. The summed E-state index contributed by atoms with van der Waals surface area (Å²) in [7, 11) is 2.17. The number of nitrogens with zero attached hydrogens (tertiary/aromatic N) is 2. The van der Waals surface area contributed by atoms with Gasteiger partial charge in [-0.15, -0.1) is 0 Å². The smallest absolute Gasteiger partial charge is 0.259 e. The molecule has 1 atom stereocenters.